The molecule has 0 unspecified atom stereocenters. The Bertz CT molecular complexity index is 1330. The van der Waals surface area contributed by atoms with Gasteiger partial charge in [-0.25, -0.2) is 0 Å². The van der Waals surface area contributed by atoms with Gasteiger partial charge in [0.1, 0.15) is 0 Å². The molecule has 5 rings (SSSR count). The lowest BCUT2D eigenvalue weighted by atomic mass is 10.1. The summed E-state index contributed by atoms with van der Waals surface area (Å²) in [6.07, 6.45) is 3.38. The van der Waals surface area contributed by atoms with Crippen LogP contribution in [0.25, 0.3) is 10.9 Å². The van der Waals surface area contributed by atoms with E-state index in [4.69, 9.17) is 11.6 Å². The molecule has 0 atom stereocenters. The third kappa shape index (κ3) is 3.76. The highest BCUT2D eigenvalue weighted by atomic mass is 35.5. The Morgan fingerprint density at radius 2 is 1.59 bits per heavy atom. The van der Waals surface area contributed by atoms with Crippen molar-refractivity contribution in [2.75, 3.05) is 5.32 Å². The largest absolute Gasteiger partial charge is 0.350 e. The highest BCUT2D eigenvalue weighted by Crippen LogP contribution is 2.26. The van der Waals surface area contributed by atoms with Crippen molar-refractivity contribution in [1.29, 1.82) is 0 Å². The summed E-state index contributed by atoms with van der Waals surface area (Å²) >= 11 is 6.19. The minimum atomic E-state index is -0.272. The van der Waals surface area contributed by atoms with Crippen LogP contribution in [0.3, 0.4) is 0 Å². The molecule has 1 aliphatic carbocycles. The van der Waals surface area contributed by atoms with E-state index in [-0.39, 0.29) is 17.9 Å². The van der Waals surface area contributed by atoms with E-state index in [1.165, 1.54) is 11.1 Å². The Morgan fingerprint density at radius 3 is 2.34 bits per heavy atom. The van der Waals surface area contributed by atoms with E-state index in [2.05, 4.69) is 22.8 Å². The Kier molecular flexibility index (Phi) is 5.19. The predicted octanol–water partition coefficient (Wildman–Crippen LogP) is 4.98. The Labute approximate surface area is 191 Å². The van der Waals surface area contributed by atoms with Crippen LogP contribution < -0.4 is 10.6 Å². The summed E-state index contributed by atoms with van der Waals surface area (Å²) in [4.78, 5) is 26.2. The number of nitrogens with zero attached hydrogens (tertiary/aromatic N) is 1. The molecule has 160 valence electrons. The number of para-hydroxylation sites is 1. The van der Waals surface area contributed by atoms with Crippen LogP contribution in [0.4, 0.5) is 5.69 Å². The molecule has 0 saturated heterocycles. The van der Waals surface area contributed by atoms with E-state index < -0.39 is 0 Å². The Hall–Kier alpha value is -3.57. The number of halogens is 1. The zero-order valence-corrected chi connectivity index (χ0v) is 18.3. The fraction of sp³-hybridized carbons (Fsp3) is 0.154. The smallest absolute Gasteiger partial charge is 0.257 e. The van der Waals surface area contributed by atoms with Crippen LogP contribution in [0.15, 0.2) is 72.9 Å². The summed E-state index contributed by atoms with van der Waals surface area (Å²) in [5.74, 6) is -0.523. The van der Waals surface area contributed by atoms with Crippen molar-refractivity contribution in [2.24, 2.45) is 7.05 Å². The molecule has 1 heterocycles. The number of aromatic nitrogens is 1. The summed E-state index contributed by atoms with van der Waals surface area (Å²) in [7, 11) is 1.90. The van der Waals surface area contributed by atoms with Crippen molar-refractivity contribution in [3.8, 4) is 0 Å². The molecule has 0 fully saturated rings. The van der Waals surface area contributed by atoms with Crippen LogP contribution in [0.2, 0.25) is 5.02 Å². The van der Waals surface area contributed by atoms with E-state index in [9.17, 15) is 9.59 Å². The molecule has 32 heavy (non-hydrogen) atoms. The third-order valence-electron chi connectivity index (χ3n) is 6.00. The fourth-order valence-corrected chi connectivity index (χ4v) is 4.62. The first-order valence-corrected chi connectivity index (χ1v) is 10.9. The van der Waals surface area contributed by atoms with Gasteiger partial charge >= 0.3 is 0 Å². The number of anilines is 1. The number of benzene rings is 3. The van der Waals surface area contributed by atoms with E-state index >= 15 is 0 Å². The lowest BCUT2D eigenvalue weighted by molar-refractivity contribution is 0.0939. The van der Waals surface area contributed by atoms with E-state index in [1.807, 2.05) is 48.0 Å². The van der Waals surface area contributed by atoms with Crippen molar-refractivity contribution in [3.05, 3.63) is 100 Å². The Morgan fingerprint density at radius 1 is 0.906 bits per heavy atom. The molecule has 0 spiro atoms. The number of hydrogen-bond acceptors (Lipinski definition) is 2. The number of nitrogens with one attached hydrogen (secondary N) is 2. The van der Waals surface area contributed by atoms with Crippen molar-refractivity contribution in [2.45, 2.75) is 18.9 Å². The maximum atomic E-state index is 13.1. The first-order chi connectivity index (χ1) is 15.5. The van der Waals surface area contributed by atoms with Crippen LogP contribution in [0.5, 0.6) is 0 Å². The topological polar surface area (TPSA) is 63.1 Å². The molecule has 0 aliphatic heterocycles. The van der Waals surface area contributed by atoms with Gasteiger partial charge in [-0.2, -0.15) is 0 Å². The second-order valence-electron chi connectivity index (χ2n) is 8.16. The van der Waals surface area contributed by atoms with Gasteiger partial charge in [0.15, 0.2) is 0 Å². The molecule has 2 N–H and O–H groups in total. The zero-order valence-electron chi connectivity index (χ0n) is 17.6. The summed E-state index contributed by atoms with van der Waals surface area (Å²) < 4.78 is 1.91. The highest BCUT2D eigenvalue weighted by Gasteiger charge is 2.24. The minimum Gasteiger partial charge on any atom is -0.350 e. The molecule has 1 aliphatic rings. The van der Waals surface area contributed by atoms with E-state index in [0.717, 1.165) is 23.7 Å². The first-order valence-electron chi connectivity index (χ1n) is 10.5. The van der Waals surface area contributed by atoms with Crippen LogP contribution in [-0.2, 0) is 19.9 Å². The molecule has 3 aromatic carbocycles. The van der Waals surface area contributed by atoms with Crippen molar-refractivity contribution >= 4 is 40.0 Å². The Balaban J connectivity index is 1.39. The monoisotopic (exact) mass is 443 g/mol. The molecule has 0 bridgehead atoms. The van der Waals surface area contributed by atoms with Crippen LogP contribution >= 0.6 is 11.6 Å². The molecule has 0 saturated carbocycles. The minimum absolute atomic E-state index is 0.0144. The number of carbonyl (C=O) groups excluding carboxylic acids is 2. The van der Waals surface area contributed by atoms with Crippen LogP contribution in [-0.4, -0.2) is 22.4 Å². The number of amides is 2. The molecule has 0 radical (unpaired) electrons. The quantitative estimate of drug-likeness (QED) is 0.467. The molecular weight excluding hydrogens is 422 g/mol. The van der Waals surface area contributed by atoms with Gasteiger partial charge in [-0.3, -0.25) is 9.59 Å². The SMILES string of the molecule is Cn1cc(C(=O)Nc2ccc(Cl)cc2C(=O)NC2Cc3ccccc3C2)c2ccccc21. The molecule has 4 aromatic rings. The van der Waals surface area contributed by atoms with Gasteiger partial charge in [0.25, 0.3) is 11.8 Å². The standard InChI is InChI=1S/C26H22ClN3O2/c1-30-15-22(20-8-4-5-9-24(20)30)26(32)29-23-11-10-18(27)14-21(23)25(31)28-19-12-16-6-2-3-7-17(16)13-19/h2-11,14-15,19H,12-13H2,1H3,(H,28,31)(H,29,32). The third-order valence-corrected chi connectivity index (χ3v) is 6.24. The summed E-state index contributed by atoms with van der Waals surface area (Å²) in [5.41, 5.74) is 4.81. The number of rotatable bonds is 4. The van der Waals surface area contributed by atoms with Gasteiger partial charge in [-0.15, -0.1) is 0 Å². The lowest BCUT2D eigenvalue weighted by Gasteiger charge is -2.15. The van der Waals surface area contributed by atoms with E-state index in [0.29, 0.717) is 21.8 Å². The molecule has 6 heteroatoms. The van der Waals surface area contributed by atoms with Gasteiger partial charge in [-0.05, 0) is 48.2 Å². The average molecular weight is 444 g/mol. The molecule has 1 aromatic heterocycles. The summed E-state index contributed by atoms with van der Waals surface area (Å²) in [6, 6.07) is 20.9. The van der Waals surface area contributed by atoms with Crippen molar-refractivity contribution in [1.82, 2.24) is 9.88 Å². The number of aryl methyl sites for hydroxylation is 1. The summed E-state index contributed by atoms with van der Waals surface area (Å²) in [6.45, 7) is 0. The maximum absolute atomic E-state index is 13.1. The molecule has 2 amide bonds. The fourth-order valence-electron chi connectivity index (χ4n) is 4.45. The number of fused-ring (bicyclic) bond motifs is 2. The van der Waals surface area contributed by atoms with Gasteiger partial charge in [0, 0.05) is 35.2 Å². The van der Waals surface area contributed by atoms with E-state index in [1.54, 1.807) is 24.4 Å². The highest BCUT2D eigenvalue weighted by molar-refractivity contribution is 6.31. The maximum Gasteiger partial charge on any atom is 0.257 e. The van der Waals surface area contributed by atoms with Gasteiger partial charge in [0.2, 0.25) is 0 Å². The van der Waals surface area contributed by atoms with Crippen LogP contribution in [0.1, 0.15) is 31.8 Å². The first kappa shape index (κ1) is 20.3. The normalized spacial score (nSPS) is 13.2. The number of hydrogen-bond donors (Lipinski definition) is 2. The van der Waals surface area contributed by atoms with Crippen LogP contribution in [0, 0.1) is 0 Å². The van der Waals surface area contributed by atoms with Crippen molar-refractivity contribution < 1.29 is 9.59 Å². The van der Waals surface area contributed by atoms with Crippen molar-refractivity contribution in [3.63, 3.8) is 0 Å². The second kappa shape index (κ2) is 8.17. The second-order valence-corrected chi connectivity index (χ2v) is 8.60. The average Bonchev–Trinajstić information content (AvgIpc) is 3.35. The van der Waals surface area contributed by atoms with Gasteiger partial charge in [-0.1, -0.05) is 54.1 Å². The lowest BCUT2D eigenvalue weighted by Crippen LogP contribution is -2.35. The van der Waals surface area contributed by atoms with Gasteiger partial charge in [0.05, 0.1) is 16.8 Å². The zero-order chi connectivity index (χ0) is 22.2. The summed E-state index contributed by atoms with van der Waals surface area (Å²) in [5, 5.41) is 7.31. The van der Waals surface area contributed by atoms with Gasteiger partial charge < -0.3 is 15.2 Å². The number of carbonyl (C=O) groups is 2. The molecule has 5 nitrogen and oxygen atoms in total. The predicted molar refractivity (Wildman–Crippen MR) is 127 cm³/mol. The molecular formula is C26H22ClN3O2.